The molecule has 1 fully saturated rings. The van der Waals surface area contributed by atoms with Crippen molar-refractivity contribution in [2.75, 3.05) is 46.8 Å². The van der Waals surface area contributed by atoms with Crippen molar-refractivity contribution in [1.82, 2.24) is 15.1 Å². The van der Waals surface area contributed by atoms with Gasteiger partial charge >= 0.3 is 0 Å². The van der Waals surface area contributed by atoms with Crippen molar-refractivity contribution in [3.63, 3.8) is 0 Å². The predicted octanol–water partition coefficient (Wildman–Crippen LogP) is 0.868. The number of rotatable bonds is 6. The molecule has 0 aromatic carbocycles. The van der Waals surface area contributed by atoms with Gasteiger partial charge < -0.3 is 15.1 Å². The lowest BCUT2D eigenvalue weighted by molar-refractivity contribution is 0.263. The Morgan fingerprint density at radius 1 is 1.40 bits per heavy atom. The highest BCUT2D eigenvalue weighted by Crippen LogP contribution is 2.17. The van der Waals surface area contributed by atoms with E-state index in [2.05, 4.69) is 43.1 Å². The molecule has 1 heterocycles. The van der Waals surface area contributed by atoms with Gasteiger partial charge in [-0.15, -0.1) is 0 Å². The minimum absolute atomic E-state index is 0.719. The zero-order chi connectivity index (χ0) is 11.3. The van der Waals surface area contributed by atoms with Crippen LogP contribution in [0.25, 0.3) is 0 Å². The van der Waals surface area contributed by atoms with Gasteiger partial charge in [-0.05, 0) is 53.4 Å². The first-order valence-corrected chi connectivity index (χ1v) is 6.19. The quantitative estimate of drug-likeness (QED) is 0.661. The predicted molar refractivity (Wildman–Crippen MR) is 66.2 cm³/mol. The lowest BCUT2D eigenvalue weighted by atomic mass is 10.1. The molecule has 1 N–H and O–H groups in total. The maximum absolute atomic E-state index is 3.55. The third-order valence-electron chi connectivity index (χ3n) is 3.22. The molecule has 1 aliphatic heterocycles. The Labute approximate surface area is 94.8 Å². The molecule has 1 rings (SSSR count). The molecule has 1 unspecified atom stereocenters. The van der Waals surface area contributed by atoms with Crippen LogP contribution in [-0.4, -0.2) is 62.7 Å². The van der Waals surface area contributed by atoms with Crippen LogP contribution in [-0.2, 0) is 0 Å². The lowest BCUT2D eigenvalue weighted by Crippen LogP contribution is -2.33. The molecule has 3 heteroatoms. The first kappa shape index (κ1) is 12.9. The number of hydrogen-bond acceptors (Lipinski definition) is 3. The molecule has 0 aromatic rings. The minimum Gasteiger partial charge on any atom is -0.315 e. The molecule has 0 aromatic heterocycles. The summed E-state index contributed by atoms with van der Waals surface area (Å²) in [5.74, 6) is 0.870. The molecule has 15 heavy (non-hydrogen) atoms. The standard InChI is InChI=1S/C12H27N3/c1-11(2)15-7-5-12(10-15)9-13-6-8-14(3)4/h11-13H,5-10H2,1-4H3. The molecule has 3 nitrogen and oxygen atoms in total. The van der Waals surface area contributed by atoms with Crippen LogP contribution >= 0.6 is 0 Å². The molecule has 0 bridgehead atoms. The Morgan fingerprint density at radius 2 is 2.13 bits per heavy atom. The van der Waals surface area contributed by atoms with Crippen molar-refractivity contribution in [2.24, 2.45) is 5.92 Å². The molecular weight excluding hydrogens is 186 g/mol. The molecule has 1 aliphatic rings. The van der Waals surface area contributed by atoms with Crippen LogP contribution < -0.4 is 5.32 Å². The van der Waals surface area contributed by atoms with Gasteiger partial charge in [0.1, 0.15) is 0 Å². The maximum atomic E-state index is 3.55. The van der Waals surface area contributed by atoms with Gasteiger partial charge in [0.25, 0.3) is 0 Å². The first-order valence-electron chi connectivity index (χ1n) is 6.19. The summed E-state index contributed by atoms with van der Waals surface area (Å²) in [7, 11) is 4.25. The van der Waals surface area contributed by atoms with Crippen molar-refractivity contribution in [1.29, 1.82) is 0 Å². The van der Waals surface area contributed by atoms with Crippen LogP contribution in [0.3, 0.4) is 0 Å². The third-order valence-corrected chi connectivity index (χ3v) is 3.22. The molecular formula is C12H27N3. The van der Waals surface area contributed by atoms with E-state index < -0.39 is 0 Å². The van der Waals surface area contributed by atoms with Crippen LogP contribution in [0.5, 0.6) is 0 Å². The van der Waals surface area contributed by atoms with E-state index in [4.69, 9.17) is 0 Å². The van der Waals surface area contributed by atoms with Crippen molar-refractivity contribution in [3.05, 3.63) is 0 Å². The molecule has 0 saturated carbocycles. The molecule has 0 radical (unpaired) electrons. The van der Waals surface area contributed by atoms with Gasteiger partial charge in [0.05, 0.1) is 0 Å². The van der Waals surface area contributed by atoms with E-state index in [0.717, 1.165) is 25.0 Å². The Balaban J connectivity index is 2.04. The average Bonchev–Trinajstić information content (AvgIpc) is 2.60. The second-order valence-electron chi connectivity index (χ2n) is 5.25. The fourth-order valence-corrected chi connectivity index (χ4v) is 2.11. The number of nitrogens with one attached hydrogen (secondary N) is 1. The zero-order valence-corrected chi connectivity index (χ0v) is 10.8. The van der Waals surface area contributed by atoms with Crippen molar-refractivity contribution < 1.29 is 0 Å². The zero-order valence-electron chi connectivity index (χ0n) is 10.8. The fraction of sp³-hybridized carbons (Fsp3) is 1.00. The summed E-state index contributed by atoms with van der Waals surface area (Å²) >= 11 is 0. The minimum atomic E-state index is 0.719. The summed E-state index contributed by atoms with van der Waals surface area (Å²) in [6, 6.07) is 0.719. The highest BCUT2D eigenvalue weighted by atomic mass is 15.2. The second-order valence-corrected chi connectivity index (χ2v) is 5.25. The average molecular weight is 213 g/mol. The van der Waals surface area contributed by atoms with E-state index in [1.807, 2.05) is 0 Å². The Hall–Kier alpha value is -0.120. The van der Waals surface area contributed by atoms with Gasteiger partial charge in [0.15, 0.2) is 0 Å². The van der Waals surface area contributed by atoms with Crippen LogP contribution in [0.1, 0.15) is 20.3 Å². The number of hydrogen-bond donors (Lipinski definition) is 1. The Morgan fingerprint density at radius 3 is 2.67 bits per heavy atom. The largest absolute Gasteiger partial charge is 0.315 e. The van der Waals surface area contributed by atoms with E-state index >= 15 is 0 Å². The van der Waals surface area contributed by atoms with Gasteiger partial charge in [-0.3, -0.25) is 0 Å². The molecule has 0 aliphatic carbocycles. The van der Waals surface area contributed by atoms with Gasteiger partial charge in [0, 0.05) is 25.7 Å². The van der Waals surface area contributed by atoms with Gasteiger partial charge in [-0.2, -0.15) is 0 Å². The van der Waals surface area contributed by atoms with Gasteiger partial charge in [-0.1, -0.05) is 0 Å². The van der Waals surface area contributed by atoms with E-state index in [-0.39, 0.29) is 0 Å². The van der Waals surface area contributed by atoms with Crippen LogP contribution in [0.15, 0.2) is 0 Å². The second kappa shape index (κ2) is 6.46. The van der Waals surface area contributed by atoms with E-state index in [0.29, 0.717) is 0 Å². The summed E-state index contributed by atoms with van der Waals surface area (Å²) < 4.78 is 0. The lowest BCUT2D eigenvalue weighted by Gasteiger charge is -2.20. The molecule has 1 atom stereocenters. The number of likely N-dealkylation sites (N-methyl/N-ethyl adjacent to an activating group) is 1. The molecule has 0 amide bonds. The monoisotopic (exact) mass is 213 g/mol. The smallest absolute Gasteiger partial charge is 0.0101 e. The summed E-state index contributed by atoms with van der Waals surface area (Å²) in [4.78, 5) is 4.81. The van der Waals surface area contributed by atoms with E-state index in [9.17, 15) is 0 Å². The molecule has 0 spiro atoms. The summed E-state index contributed by atoms with van der Waals surface area (Å²) in [6.07, 6.45) is 1.37. The Kier molecular flexibility index (Phi) is 5.58. The normalized spacial score (nSPS) is 23.2. The van der Waals surface area contributed by atoms with Crippen LogP contribution in [0, 0.1) is 5.92 Å². The van der Waals surface area contributed by atoms with Crippen molar-refractivity contribution >= 4 is 0 Å². The highest BCUT2D eigenvalue weighted by Gasteiger charge is 2.23. The summed E-state index contributed by atoms with van der Waals surface area (Å²) in [6.45, 7) is 10.6. The molecule has 90 valence electrons. The first-order chi connectivity index (χ1) is 7.09. The Bertz CT molecular complexity index is 168. The van der Waals surface area contributed by atoms with Crippen molar-refractivity contribution in [3.8, 4) is 0 Å². The SMILES string of the molecule is CC(C)N1CCC(CNCCN(C)C)C1. The fourth-order valence-electron chi connectivity index (χ4n) is 2.11. The van der Waals surface area contributed by atoms with E-state index in [1.165, 1.54) is 26.1 Å². The maximum Gasteiger partial charge on any atom is 0.0101 e. The van der Waals surface area contributed by atoms with Gasteiger partial charge in [-0.25, -0.2) is 0 Å². The number of nitrogens with zero attached hydrogens (tertiary/aromatic N) is 2. The van der Waals surface area contributed by atoms with Crippen LogP contribution in [0.2, 0.25) is 0 Å². The number of likely N-dealkylation sites (tertiary alicyclic amines) is 1. The summed E-state index contributed by atoms with van der Waals surface area (Å²) in [5.41, 5.74) is 0. The summed E-state index contributed by atoms with van der Waals surface area (Å²) in [5, 5.41) is 3.55. The van der Waals surface area contributed by atoms with Crippen molar-refractivity contribution in [2.45, 2.75) is 26.3 Å². The topological polar surface area (TPSA) is 18.5 Å². The highest BCUT2D eigenvalue weighted by molar-refractivity contribution is 4.79. The van der Waals surface area contributed by atoms with Gasteiger partial charge in [0.2, 0.25) is 0 Å². The molecule has 1 saturated heterocycles. The third kappa shape index (κ3) is 4.96. The van der Waals surface area contributed by atoms with Crippen LogP contribution in [0.4, 0.5) is 0 Å². The van der Waals surface area contributed by atoms with E-state index in [1.54, 1.807) is 0 Å².